The Balaban J connectivity index is 2.35. The van der Waals surface area contributed by atoms with Crippen molar-refractivity contribution in [1.29, 1.82) is 0 Å². The second kappa shape index (κ2) is 6.45. The Bertz CT molecular complexity index is 728. The van der Waals surface area contributed by atoms with Gasteiger partial charge in [0.25, 0.3) is 5.56 Å². The first-order valence-corrected chi connectivity index (χ1v) is 7.22. The summed E-state index contributed by atoms with van der Waals surface area (Å²) < 4.78 is 0. The van der Waals surface area contributed by atoms with Crippen molar-refractivity contribution < 1.29 is 9.90 Å². The summed E-state index contributed by atoms with van der Waals surface area (Å²) in [7, 11) is 0. The van der Waals surface area contributed by atoms with Gasteiger partial charge in [-0.15, -0.1) is 0 Å². The molecule has 0 aliphatic heterocycles. The predicted molar refractivity (Wildman–Crippen MR) is 80.8 cm³/mol. The Morgan fingerprint density at radius 3 is 2.86 bits per heavy atom. The van der Waals surface area contributed by atoms with Gasteiger partial charge in [0.1, 0.15) is 0 Å². The standard InChI is InChI=1S/C14H15N3O3S/c1-2-3-9-7-12(18)17-14(16-9)21-11-6-8(13(19)20)4-5-10(11)15/h4-7H,2-3,15H2,1H3,(H,19,20)(H,16,17,18). The van der Waals surface area contributed by atoms with E-state index in [0.29, 0.717) is 27.9 Å². The number of carboxylic acid groups (broad SMARTS) is 1. The van der Waals surface area contributed by atoms with E-state index in [1.807, 2.05) is 6.92 Å². The molecule has 7 heteroatoms. The molecule has 4 N–H and O–H groups in total. The summed E-state index contributed by atoms with van der Waals surface area (Å²) >= 11 is 1.14. The number of carbonyl (C=O) groups is 1. The number of aryl methyl sites for hydroxylation is 1. The Morgan fingerprint density at radius 2 is 2.19 bits per heavy atom. The third kappa shape index (κ3) is 3.85. The van der Waals surface area contributed by atoms with Gasteiger partial charge in [0.2, 0.25) is 0 Å². The number of nitrogen functional groups attached to an aromatic ring is 1. The maximum absolute atomic E-state index is 11.6. The van der Waals surface area contributed by atoms with Crippen molar-refractivity contribution in [3.05, 3.63) is 45.9 Å². The van der Waals surface area contributed by atoms with E-state index in [4.69, 9.17) is 10.8 Å². The number of rotatable bonds is 5. The van der Waals surface area contributed by atoms with E-state index in [-0.39, 0.29) is 11.1 Å². The fraction of sp³-hybridized carbons (Fsp3) is 0.214. The minimum atomic E-state index is -1.03. The van der Waals surface area contributed by atoms with E-state index in [2.05, 4.69) is 9.97 Å². The van der Waals surface area contributed by atoms with E-state index in [1.54, 1.807) is 0 Å². The summed E-state index contributed by atoms with van der Waals surface area (Å²) in [5.41, 5.74) is 6.89. The van der Waals surface area contributed by atoms with Gasteiger partial charge in [0.15, 0.2) is 5.16 Å². The van der Waals surface area contributed by atoms with Gasteiger partial charge in [-0.2, -0.15) is 0 Å². The summed E-state index contributed by atoms with van der Waals surface area (Å²) in [6.45, 7) is 2.00. The molecule has 2 aromatic rings. The third-order valence-corrected chi connectivity index (χ3v) is 3.71. The second-order valence-corrected chi connectivity index (χ2v) is 5.48. The Kier molecular flexibility index (Phi) is 4.64. The van der Waals surface area contributed by atoms with Crippen molar-refractivity contribution in [3.63, 3.8) is 0 Å². The van der Waals surface area contributed by atoms with Gasteiger partial charge in [-0.25, -0.2) is 9.78 Å². The highest BCUT2D eigenvalue weighted by Crippen LogP contribution is 2.30. The molecule has 2 rings (SSSR count). The number of nitrogens with zero attached hydrogens (tertiary/aromatic N) is 1. The first-order chi connectivity index (χ1) is 9.99. The van der Waals surface area contributed by atoms with Crippen LogP contribution in [0.1, 0.15) is 29.4 Å². The van der Waals surface area contributed by atoms with Gasteiger partial charge >= 0.3 is 5.97 Å². The van der Waals surface area contributed by atoms with Crippen LogP contribution < -0.4 is 11.3 Å². The number of aromatic nitrogens is 2. The number of hydrogen-bond acceptors (Lipinski definition) is 5. The number of hydrogen-bond donors (Lipinski definition) is 3. The first kappa shape index (κ1) is 15.1. The molecule has 0 aliphatic carbocycles. The lowest BCUT2D eigenvalue weighted by atomic mass is 10.2. The molecule has 0 saturated carbocycles. The molecule has 0 radical (unpaired) electrons. The van der Waals surface area contributed by atoms with Crippen LogP contribution in [0.3, 0.4) is 0 Å². The summed E-state index contributed by atoms with van der Waals surface area (Å²) in [6.07, 6.45) is 1.60. The minimum Gasteiger partial charge on any atom is -0.478 e. The van der Waals surface area contributed by atoms with Crippen molar-refractivity contribution in [2.24, 2.45) is 0 Å². The van der Waals surface area contributed by atoms with Crippen molar-refractivity contribution in [1.82, 2.24) is 9.97 Å². The number of carboxylic acids is 1. The van der Waals surface area contributed by atoms with Crippen molar-refractivity contribution >= 4 is 23.4 Å². The molecular formula is C14H15N3O3S. The highest BCUT2D eigenvalue weighted by Gasteiger charge is 2.10. The number of nitrogens with two attached hydrogens (primary N) is 1. The molecule has 0 amide bonds. The molecule has 21 heavy (non-hydrogen) atoms. The molecule has 1 aromatic carbocycles. The Morgan fingerprint density at radius 1 is 1.43 bits per heavy atom. The average molecular weight is 305 g/mol. The number of anilines is 1. The number of H-pyrrole nitrogens is 1. The molecule has 0 bridgehead atoms. The van der Waals surface area contributed by atoms with E-state index in [0.717, 1.165) is 18.2 Å². The number of benzene rings is 1. The lowest BCUT2D eigenvalue weighted by molar-refractivity contribution is 0.0696. The van der Waals surface area contributed by atoms with Crippen LogP contribution >= 0.6 is 11.8 Å². The SMILES string of the molecule is CCCc1cc(=O)[nH]c(Sc2cc(C(=O)O)ccc2N)n1. The second-order valence-electron chi connectivity index (χ2n) is 4.45. The van der Waals surface area contributed by atoms with Gasteiger partial charge < -0.3 is 15.8 Å². The van der Waals surface area contributed by atoms with Crippen LogP contribution in [0, 0.1) is 0 Å². The van der Waals surface area contributed by atoms with Crippen LogP contribution in [-0.4, -0.2) is 21.0 Å². The van der Waals surface area contributed by atoms with Gasteiger partial charge in [0.05, 0.1) is 5.56 Å². The minimum absolute atomic E-state index is 0.138. The zero-order valence-corrected chi connectivity index (χ0v) is 12.2. The molecule has 1 aromatic heterocycles. The quantitative estimate of drug-likeness (QED) is 0.577. The van der Waals surface area contributed by atoms with Gasteiger partial charge in [-0.1, -0.05) is 13.3 Å². The fourth-order valence-corrected chi connectivity index (χ4v) is 2.67. The van der Waals surface area contributed by atoms with Crippen molar-refractivity contribution in [3.8, 4) is 0 Å². The molecule has 0 fully saturated rings. The van der Waals surface area contributed by atoms with Crippen LogP contribution in [0.2, 0.25) is 0 Å². The molecule has 1 heterocycles. The van der Waals surface area contributed by atoms with Gasteiger partial charge in [-0.05, 0) is 36.4 Å². The van der Waals surface area contributed by atoms with Crippen LogP contribution in [0.4, 0.5) is 5.69 Å². The highest BCUT2D eigenvalue weighted by atomic mass is 32.2. The topological polar surface area (TPSA) is 109 Å². The normalized spacial score (nSPS) is 10.5. The molecule has 0 aliphatic rings. The van der Waals surface area contributed by atoms with Crippen molar-refractivity contribution in [2.45, 2.75) is 29.8 Å². The predicted octanol–water partition coefficient (Wildman–Crippen LogP) is 2.15. The van der Waals surface area contributed by atoms with Crippen LogP contribution in [0.25, 0.3) is 0 Å². The monoisotopic (exact) mass is 305 g/mol. The first-order valence-electron chi connectivity index (χ1n) is 6.40. The smallest absolute Gasteiger partial charge is 0.335 e. The van der Waals surface area contributed by atoms with Crippen molar-refractivity contribution in [2.75, 3.05) is 5.73 Å². The van der Waals surface area contributed by atoms with E-state index < -0.39 is 5.97 Å². The molecule has 110 valence electrons. The van der Waals surface area contributed by atoms with Crippen LogP contribution in [0.15, 0.2) is 39.1 Å². The van der Waals surface area contributed by atoms with Crippen LogP contribution in [0.5, 0.6) is 0 Å². The third-order valence-electron chi connectivity index (χ3n) is 2.75. The van der Waals surface area contributed by atoms with E-state index in [9.17, 15) is 9.59 Å². The molecule has 0 unspecified atom stereocenters. The summed E-state index contributed by atoms with van der Waals surface area (Å²) in [5.74, 6) is -1.03. The lowest BCUT2D eigenvalue weighted by Crippen LogP contribution is -2.10. The summed E-state index contributed by atoms with van der Waals surface area (Å²) in [6, 6.07) is 5.89. The van der Waals surface area contributed by atoms with E-state index in [1.165, 1.54) is 24.3 Å². The van der Waals surface area contributed by atoms with Gasteiger partial charge in [0, 0.05) is 22.3 Å². The highest BCUT2D eigenvalue weighted by molar-refractivity contribution is 7.99. The van der Waals surface area contributed by atoms with E-state index >= 15 is 0 Å². The maximum atomic E-state index is 11.6. The number of aromatic amines is 1. The molecule has 6 nitrogen and oxygen atoms in total. The number of nitrogens with one attached hydrogen (secondary N) is 1. The molecule has 0 atom stereocenters. The lowest BCUT2D eigenvalue weighted by Gasteiger charge is -2.07. The number of aromatic carboxylic acids is 1. The largest absolute Gasteiger partial charge is 0.478 e. The molecular weight excluding hydrogens is 290 g/mol. The maximum Gasteiger partial charge on any atom is 0.335 e. The molecule has 0 saturated heterocycles. The van der Waals surface area contributed by atoms with Gasteiger partial charge in [-0.3, -0.25) is 4.79 Å². The fourth-order valence-electron chi connectivity index (χ4n) is 1.78. The van der Waals surface area contributed by atoms with Crippen LogP contribution in [-0.2, 0) is 6.42 Å². The summed E-state index contributed by atoms with van der Waals surface area (Å²) in [5, 5.41) is 9.40. The Labute approximate surface area is 125 Å². The zero-order chi connectivity index (χ0) is 15.4. The molecule has 0 spiro atoms. The summed E-state index contributed by atoms with van der Waals surface area (Å²) in [4.78, 5) is 30.1. The Hall–Kier alpha value is -2.28. The average Bonchev–Trinajstić information content (AvgIpc) is 2.40. The zero-order valence-electron chi connectivity index (χ0n) is 11.4.